The average Bonchev–Trinajstić information content (AvgIpc) is 2.93. The van der Waals surface area contributed by atoms with Crippen molar-refractivity contribution in [2.75, 3.05) is 13.2 Å². The normalized spacial score (nSPS) is 35.2. The molecule has 0 amide bonds. The first-order valence-electron chi connectivity index (χ1n) is 12.2. The van der Waals surface area contributed by atoms with Crippen molar-refractivity contribution in [1.29, 1.82) is 0 Å². The van der Waals surface area contributed by atoms with E-state index in [9.17, 15) is 46.0 Å². The molecule has 4 rings (SSSR count). The van der Waals surface area contributed by atoms with Crippen molar-refractivity contribution in [2.24, 2.45) is 0 Å². The van der Waals surface area contributed by atoms with Gasteiger partial charge in [-0.25, -0.2) is 0 Å². The van der Waals surface area contributed by atoms with E-state index in [2.05, 4.69) is 0 Å². The van der Waals surface area contributed by atoms with E-state index >= 15 is 0 Å². The summed E-state index contributed by atoms with van der Waals surface area (Å²) in [6.45, 7) is -1.18. The number of hydrogen-bond acceptors (Lipinski definition) is 13. The predicted octanol–water partition coefficient (Wildman–Crippen LogP) is -2.08. The second-order valence-corrected chi connectivity index (χ2v) is 9.29. The van der Waals surface area contributed by atoms with Gasteiger partial charge in [0.05, 0.1) is 13.2 Å². The molecule has 10 atom stereocenters. The highest BCUT2D eigenvalue weighted by molar-refractivity contribution is 5.71. The van der Waals surface area contributed by atoms with Crippen LogP contribution in [0.25, 0.3) is 12.2 Å². The first-order valence-corrected chi connectivity index (χ1v) is 12.2. The standard InChI is InChI=1S/C26H32O13/c27-10-17-19(30)21(32)23(34)25(38-17)36-15-5-3-12(4-6-15)1-2-13-7-14(29)9-16(8-13)37-26-24(35)22(33)20(31)18(11-28)39-26/h1-9,17-35H,10-11H2/b2-1+/t17-,18-,19-,20-,21+,22+,23-,24-,25+,26+/m1/s1. The number of phenols is 1. The number of aliphatic hydroxyl groups excluding tert-OH is 8. The number of benzene rings is 2. The van der Waals surface area contributed by atoms with Gasteiger partial charge in [-0.2, -0.15) is 0 Å². The van der Waals surface area contributed by atoms with Crippen molar-refractivity contribution in [1.82, 2.24) is 0 Å². The summed E-state index contributed by atoms with van der Waals surface area (Å²) in [5.41, 5.74) is 1.23. The predicted molar refractivity (Wildman–Crippen MR) is 132 cm³/mol. The summed E-state index contributed by atoms with van der Waals surface area (Å²) < 4.78 is 21.8. The van der Waals surface area contributed by atoms with Gasteiger partial charge in [0.15, 0.2) is 0 Å². The molecule has 0 aliphatic carbocycles. The van der Waals surface area contributed by atoms with E-state index in [0.717, 1.165) is 5.56 Å². The minimum Gasteiger partial charge on any atom is -0.508 e. The molecule has 39 heavy (non-hydrogen) atoms. The van der Waals surface area contributed by atoms with Crippen molar-refractivity contribution in [3.05, 3.63) is 53.6 Å². The number of rotatable bonds is 8. The molecule has 2 heterocycles. The lowest BCUT2D eigenvalue weighted by Crippen LogP contribution is -2.60. The second-order valence-electron chi connectivity index (χ2n) is 9.29. The Labute approximate surface area is 222 Å². The van der Waals surface area contributed by atoms with E-state index in [1.54, 1.807) is 36.4 Å². The Morgan fingerprint density at radius 2 is 1.08 bits per heavy atom. The van der Waals surface area contributed by atoms with Crippen LogP contribution in [0.15, 0.2) is 42.5 Å². The molecule has 0 aromatic heterocycles. The quantitative estimate of drug-likeness (QED) is 0.161. The van der Waals surface area contributed by atoms with Gasteiger partial charge in [-0.05, 0) is 35.4 Å². The van der Waals surface area contributed by atoms with Crippen LogP contribution in [0.4, 0.5) is 0 Å². The number of hydrogen-bond donors (Lipinski definition) is 9. The van der Waals surface area contributed by atoms with Gasteiger partial charge in [0.1, 0.15) is 66.1 Å². The third-order valence-electron chi connectivity index (χ3n) is 6.46. The largest absolute Gasteiger partial charge is 0.508 e. The SMILES string of the molecule is OC[C@H]1O[C@H](Oc2ccc(/C=C/c3cc(O)cc(O[C@H]4O[C@H](CO)[C@@H](O)[C@H](O)[C@H]4O)c3)cc2)[C@H](O)[C@@H](O)[C@@H]1O. The van der Waals surface area contributed by atoms with Crippen molar-refractivity contribution in [2.45, 2.75) is 61.4 Å². The Hall–Kier alpha value is -2.82. The summed E-state index contributed by atoms with van der Waals surface area (Å²) >= 11 is 0. The van der Waals surface area contributed by atoms with Crippen LogP contribution in [0.5, 0.6) is 17.2 Å². The average molecular weight is 553 g/mol. The van der Waals surface area contributed by atoms with Crippen LogP contribution in [0.3, 0.4) is 0 Å². The maximum Gasteiger partial charge on any atom is 0.229 e. The molecule has 2 aliphatic heterocycles. The Morgan fingerprint density at radius 1 is 0.590 bits per heavy atom. The molecule has 0 saturated carbocycles. The van der Waals surface area contributed by atoms with E-state index in [-0.39, 0.29) is 11.5 Å². The summed E-state index contributed by atoms with van der Waals surface area (Å²) in [4.78, 5) is 0. The van der Waals surface area contributed by atoms with Crippen LogP contribution in [0, 0.1) is 0 Å². The molecule has 13 nitrogen and oxygen atoms in total. The highest BCUT2D eigenvalue weighted by atomic mass is 16.7. The zero-order chi connectivity index (χ0) is 28.3. The van der Waals surface area contributed by atoms with Gasteiger partial charge < -0.3 is 64.9 Å². The van der Waals surface area contributed by atoms with Gasteiger partial charge in [-0.1, -0.05) is 24.3 Å². The molecular weight excluding hydrogens is 520 g/mol. The van der Waals surface area contributed by atoms with E-state index in [1.165, 1.54) is 18.2 Å². The van der Waals surface area contributed by atoms with E-state index in [0.29, 0.717) is 11.3 Å². The fourth-order valence-corrected chi connectivity index (χ4v) is 4.22. The van der Waals surface area contributed by atoms with Gasteiger partial charge in [-0.3, -0.25) is 0 Å². The number of phenolic OH excluding ortho intramolecular Hbond substituents is 1. The Kier molecular flexibility index (Phi) is 9.40. The van der Waals surface area contributed by atoms with Crippen molar-refractivity contribution in [3.8, 4) is 17.2 Å². The molecule has 0 spiro atoms. The molecule has 2 aromatic rings. The molecule has 214 valence electrons. The number of aromatic hydroxyl groups is 1. The molecule has 2 fully saturated rings. The van der Waals surface area contributed by atoms with E-state index < -0.39 is 74.6 Å². The maximum absolute atomic E-state index is 10.2. The molecule has 0 radical (unpaired) electrons. The zero-order valence-electron chi connectivity index (χ0n) is 20.5. The third-order valence-corrected chi connectivity index (χ3v) is 6.46. The first-order chi connectivity index (χ1) is 18.6. The van der Waals surface area contributed by atoms with Crippen LogP contribution < -0.4 is 9.47 Å². The van der Waals surface area contributed by atoms with Crippen molar-refractivity contribution >= 4 is 12.2 Å². The molecule has 9 N–H and O–H groups in total. The minimum atomic E-state index is -1.61. The fourth-order valence-electron chi connectivity index (χ4n) is 4.22. The lowest BCUT2D eigenvalue weighted by Gasteiger charge is -2.39. The summed E-state index contributed by atoms with van der Waals surface area (Å²) in [5.74, 6) is 0.242. The zero-order valence-corrected chi connectivity index (χ0v) is 20.5. The lowest BCUT2D eigenvalue weighted by molar-refractivity contribution is -0.277. The Morgan fingerprint density at radius 3 is 1.59 bits per heavy atom. The highest BCUT2D eigenvalue weighted by Crippen LogP contribution is 2.29. The first kappa shape index (κ1) is 29.2. The Bertz CT molecular complexity index is 1110. The monoisotopic (exact) mass is 552 g/mol. The van der Waals surface area contributed by atoms with Gasteiger partial charge in [0.25, 0.3) is 0 Å². The van der Waals surface area contributed by atoms with E-state index in [4.69, 9.17) is 18.9 Å². The minimum absolute atomic E-state index is 0.0993. The van der Waals surface area contributed by atoms with Crippen LogP contribution in [-0.4, -0.2) is 121 Å². The van der Waals surface area contributed by atoms with Crippen LogP contribution >= 0.6 is 0 Å². The molecule has 0 unspecified atom stereocenters. The lowest BCUT2D eigenvalue weighted by atomic mass is 9.99. The molecule has 2 aromatic carbocycles. The van der Waals surface area contributed by atoms with Gasteiger partial charge in [0.2, 0.25) is 12.6 Å². The van der Waals surface area contributed by atoms with Gasteiger partial charge >= 0.3 is 0 Å². The number of aliphatic hydroxyl groups is 8. The smallest absolute Gasteiger partial charge is 0.229 e. The topological polar surface area (TPSA) is 219 Å². The van der Waals surface area contributed by atoms with Gasteiger partial charge in [0, 0.05) is 6.07 Å². The van der Waals surface area contributed by atoms with E-state index in [1.807, 2.05) is 0 Å². The summed E-state index contributed by atoms with van der Waals surface area (Å²) in [6, 6.07) is 10.8. The maximum atomic E-state index is 10.2. The van der Waals surface area contributed by atoms with Crippen molar-refractivity contribution in [3.63, 3.8) is 0 Å². The number of ether oxygens (including phenoxy) is 4. The van der Waals surface area contributed by atoms with Crippen molar-refractivity contribution < 1.29 is 64.9 Å². The second kappa shape index (κ2) is 12.6. The van der Waals surface area contributed by atoms with Crippen LogP contribution in [0.2, 0.25) is 0 Å². The highest BCUT2D eigenvalue weighted by Gasteiger charge is 2.45. The Balaban J connectivity index is 1.40. The third kappa shape index (κ3) is 6.67. The molecule has 2 saturated heterocycles. The molecule has 13 heteroatoms. The molecule has 0 bridgehead atoms. The summed E-state index contributed by atoms with van der Waals surface area (Å²) in [6.07, 6.45) is -10.9. The molecular formula is C26H32O13. The summed E-state index contributed by atoms with van der Waals surface area (Å²) in [5, 5.41) is 88.7. The van der Waals surface area contributed by atoms with Crippen LogP contribution in [-0.2, 0) is 9.47 Å². The fraction of sp³-hybridized carbons (Fsp3) is 0.462. The van der Waals surface area contributed by atoms with Crippen LogP contribution in [0.1, 0.15) is 11.1 Å². The summed E-state index contributed by atoms with van der Waals surface area (Å²) in [7, 11) is 0. The molecule has 2 aliphatic rings. The van der Waals surface area contributed by atoms with Gasteiger partial charge in [-0.15, -0.1) is 0 Å².